The predicted molar refractivity (Wildman–Crippen MR) is 140 cm³/mol. The molecule has 0 radical (unpaired) electrons. The molecule has 4 heterocycles. The molecule has 7 aromatic rings. The van der Waals surface area contributed by atoms with E-state index in [1.807, 2.05) is 24.5 Å². The van der Waals surface area contributed by atoms with E-state index in [2.05, 4.69) is 70.0 Å². The van der Waals surface area contributed by atoms with E-state index in [1.54, 1.807) is 0 Å². The van der Waals surface area contributed by atoms with Crippen LogP contribution in [0.15, 0.2) is 85.2 Å². The van der Waals surface area contributed by atoms with Gasteiger partial charge in [-0.15, -0.1) is 0 Å². The Morgan fingerprint density at radius 1 is 0.571 bits per heavy atom. The third-order valence-corrected chi connectivity index (χ3v) is 7.87. The van der Waals surface area contributed by atoms with E-state index in [4.69, 9.17) is 9.97 Å². The third-order valence-electron chi connectivity index (χ3n) is 7.87. The van der Waals surface area contributed by atoms with E-state index in [9.17, 15) is 0 Å². The van der Waals surface area contributed by atoms with Crippen LogP contribution in [0.4, 0.5) is 0 Å². The fourth-order valence-electron chi connectivity index (χ4n) is 6.36. The third kappa shape index (κ3) is 2.20. The Kier molecular flexibility index (Phi) is 3.11. The molecule has 0 spiro atoms. The molecule has 0 amide bonds. The zero-order valence-corrected chi connectivity index (χ0v) is 18.8. The highest BCUT2D eigenvalue weighted by Gasteiger charge is 2.26. The van der Waals surface area contributed by atoms with Crippen LogP contribution in [0, 0.1) is 0 Å². The molecule has 4 nitrogen and oxygen atoms in total. The smallest absolute Gasteiger partial charge is 0.149 e. The second-order valence-electron chi connectivity index (χ2n) is 9.72. The topological polar surface area (TPSA) is 43.1 Å². The average molecular weight is 447 g/mol. The molecular formula is C31H18N4. The SMILES string of the molecule is c1ccc2c(c1)Cc1cc3c(cc1-2)-c1cc2nc4c5cccnc5c5cccnc5n4c2cc1C3. The van der Waals surface area contributed by atoms with Crippen molar-refractivity contribution in [1.29, 1.82) is 0 Å². The van der Waals surface area contributed by atoms with Crippen LogP contribution in [0.25, 0.3) is 60.9 Å². The zero-order chi connectivity index (χ0) is 22.7. The summed E-state index contributed by atoms with van der Waals surface area (Å²) in [5.74, 6) is 0. The van der Waals surface area contributed by atoms with Gasteiger partial charge in [0.1, 0.15) is 11.3 Å². The lowest BCUT2D eigenvalue weighted by Crippen LogP contribution is -1.95. The first kappa shape index (κ1) is 17.8. The highest BCUT2D eigenvalue weighted by Crippen LogP contribution is 2.46. The molecule has 0 aliphatic heterocycles. The maximum atomic E-state index is 5.14. The van der Waals surface area contributed by atoms with Gasteiger partial charge < -0.3 is 0 Å². The summed E-state index contributed by atoms with van der Waals surface area (Å²) in [5.41, 5.74) is 16.0. The maximum Gasteiger partial charge on any atom is 0.149 e. The highest BCUT2D eigenvalue weighted by molar-refractivity contribution is 6.11. The van der Waals surface area contributed by atoms with Gasteiger partial charge in [-0.25, -0.2) is 9.97 Å². The van der Waals surface area contributed by atoms with Crippen molar-refractivity contribution in [2.24, 2.45) is 0 Å². The second-order valence-corrected chi connectivity index (χ2v) is 9.72. The van der Waals surface area contributed by atoms with E-state index in [0.29, 0.717) is 0 Å². The molecular weight excluding hydrogens is 428 g/mol. The predicted octanol–water partition coefficient (Wildman–Crippen LogP) is 6.73. The molecule has 9 rings (SSSR count). The van der Waals surface area contributed by atoms with Gasteiger partial charge in [-0.1, -0.05) is 30.3 Å². The number of benzene rings is 3. The lowest BCUT2D eigenvalue weighted by Gasteiger charge is -2.07. The largest absolute Gasteiger partial charge is 0.276 e. The first-order chi connectivity index (χ1) is 17.3. The number of hydrogen-bond donors (Lipinski definition) is 0. The van der Waals surface area contributed by atoms with Gasteiger partial charge in [0, 0.05) is 23.2 Å². The first-order valence-electron chi connectivity index (χ1n) is 12.0. The minimum atomic E-state index is 0.905. The zero-order valence-electron chi connectivity index (χ0n) is 18.8. The molecule has 3 aromatic carbocycles. The van der Waals surface area contributed by atoms with Crippen LogP contribution in [0.3, 0.4) is 0 Å². The summed E-state index contributed by atoms with van der Waals surface area (Å²) in [6.45, 7) is 0. The Morgan fingerprint density at radius 2 is 1.29 bits per heavy atom. The summed E-state index contributed by atoms with van der Waals surface area (Å²) in [5, 5.41) is 2.10. The Balaban J connectivity index is 1.35. The Bertz CT molecular complexity index is 2070. The minimum Gasteiger partial charge on any atom is -0.276 e. The number of aromatic nitrogens is 4. The monoisotopic (exact) mass is 446 g/mol. The summed E-state index contributed by atoms with van der Waals surface area (Å²) >= 11 is 0. The van der Waals surface area contributed by atoms with Gasteiger partial charge >= 0.3 is 0 Å². The molecule has 0 saturated heterocycles. The number of rotatable bonds is 0. The molecule has 35 heavy (non-hydrogen) atoms. The van der Waals surface area contributed by atoms with Gasteiger partial charge in [0.15, 0.2) is 0 Å². The van der Waals surface area contributed by atoms with Crippen molar-refractivity contribution >= 4 is 38.6 Å². The standard InChI is InChI=1S/C31H18N4/c1-2-6-21-17(5-1)11-18-12-19-13-20-14-28-27(16-26(20)25(19)15-24(18)21)34-31-23-8-3-9-32-29(23)22-7-4-10-33-30(22)35(28)31/h1-10,12,14-16H,11,13H2. The minimum absolute atomic E-state index is 0.905. The molecule has 2 aliphatic rings. The van der Waals surface area contributed by atoms with Crippen molar-refractivity contribution in [3.8, 4) is 22.3 Å². The molecule has 0 bridgehead atoms. The van der Waals surface area contributed by atoms with Crippen LogP contribution in [-0.4, -0.2) is 19.4 Å². The molecule has 0 fully saturated rings. The lowest BCUT2D eigenvalue weighted by atomic mass is 9.98. The Morgan fingerprint density at radius 3 is 2.20 bits per heavy atom. The van der Waals surface area contributed by atoms with Gasteiger partial charge in [0.25, 0.3) is 0 Å². The molecule has 2 aliphatic carbocycles. The lowest BCUT2D eigenvalue weighted by molar-refractivity contribution is 1.20. The first-order valence-corrected chi connectivity index (χ1v) is 12.0. The fourth-order valence-corrected chi connectivity index (χ4v) is 6.36. The number of fused-ring (bicyclic) bond motifs is 14. The summed E-state index contributed by atoms with van der Waals surface area (Å²) < 4.78 is 2.22. The van der Waals surface area contributed by atoms with Crippen molar-refractivity contribution in [3.05, 3.63) is 107 Å². The van der Waals surface area contributed by atoms with Crippen molar-refractivity contribution in [1.82, 2.24) is 19.4 Å². The summed E-state index contributed by atoms with van der Waals surface area (Å²) in [7, 11) is 0. The quantitative estimate of drug-likeness (QED) is 0.243. The molecule has 4 aromatic heterocycles. The van der Waals surface area contributed by atoms with E-state index in [0.717, 1.165) is 51.5 Å². The van der Waals surface area contributed by atoms with Crippen molar-refractivity contribution in [2.45, 2.75) is 12.8 Å². The number of hydrogen-bond acceptors (Lipinski definition) is 3. The van der Waals surface area contributed by atoms with Gasteiger partial charge in [0.05, 0.1) is 16.6 Å². The van der Waals surface area contributed by atoms with Crippen LogP contribution < -0.4 is 0 Å². The van der Waals surface area contributed by atoms with Gasteiger partial charge in [0.2, 0.25) is 0 Å². The molecule has 0 unspecified atom stereocenters. The molecule has 0 atom stereocenters. The van der Waals surface area contributed by atoms with Crippen LogP contribution in [0.1, 0.15) is 22.3 Å². The van der Waals surface area contributed by atoms with Gasteiger partial charge in [-0.2, -0.15) is 0 Å². The van der Waals surface area contributed by atoms with Crippen LogP contribution in [0.5, 0.6) is 0 Å². The number of pyridine rings is 3. The average Bonchev–Trinajstić information content (AvgIpc) is 3.56. The van der Waals surface area contributed by atoms with Crippen LogP contribution in [-0.2, 0) is 12.8 Å². The maximum absolute atomic E-state index is 5.14. The second kappa shape index (κ2) is 6.10. The van der Waals surface area contributed by atoms with Crippen molar-refractivity contribution in [3.63, 3.8) is 0 Å². The fraction of sp³-hybridized carbons (Fsp3) is 0.0645. The summed E-state index contributed by atoms with van der Waals surface area (Å²) in [6.07, 6.45) is 5.68. The summed E-state index contributed by atoms with van der Waals surface area (Å²) in [6, 6.07) is 26.5. The van der Waals surface area contributed by atoms with Gasteiger partial charge in [-0.3, -0.25) is 9.38 Å². The normalized spacial score (nSPS) is 13.5. The van der Waals surface area contributed by atoms with Crippen molar-refractivity contribution < 1.29 is 0 Å². The molecule has 0 saturated carbocycles. The molecule has 162 valence electrons. The van der Waals surface area contributed by atoms with E-state index >= 15 is 0 Å². The number of nitrogens with zero attached hydrogens (tertiary/aromatic N) is 4. The van der Waals surface area contributed by atoms with E-state index in [1.165, 1.54) is 44.5 Å². The molecule has 0 N–H and O–H groups in total. The molecule has 4 heteroatoms. The van der Waals surface area contributed by atoms with Crippen molar-refractivity contribution in [2.75, 3.05) is 0 Å². The van der Waals surface area contributed by atoms with E-state index in [-0.39, 0.29) is 0 Å². The van der Waals surface area contributed by atoms with Crippen LogP contribution >= 0.6 is 0 Å². The van der Waals surface area contributed by atoms with E-state index < -0.39 is 0 Å². The number of imidazole rings is 1. The Hall–Kier alpha value is -4.57. The van der Waals surface area contributed by atoms with Crippen LogP contribution in [0.2, 0.25) is 0 Å². The van der Waals surface area contributed by atoms with Gasteiger partial charge in [-0.05, 0) is 99.8 Å². The summed E-state index contributed by atoms with van der Waals surface area (Å²) in [4.78, 5) is 14.6. The highest BCUT2D eigenvalue weighted by atomic mass is 15.1. The Labute approximate surface area is 200 Å².